The molecule has 0 aliphatic rings. The third-order valence-electron chi connectivity index (χ3n) is 2.82. The second kappa shape index (κ2) is 6.66. The highest BCUT2D eigenvalue weighted by molar-refractivity contribution is 7.93. The molecular weight excluding hydrogens is 300 g/mol. The summed E-state index contributed by atoms with van der Waals surface area (Å²) in [5.41, 5.74) is 7.27. The van der Waals surface area contributed by atoms with Gasteiger partial charge in [0.25, 0.3) is 0 Å². The summed E-state index contributed by atoms with van der Waals surface area (Å²) in [6.45, 7) is 0.582. The van der Waals surface area contributed by atoms with Crippen LogP contribution in [0.1, 0.15) is 11.1 Å². The molecule has 0 heterocycles. The van der Waals surface area contributed by atoms with Crippen molar-refractivity contribution < 1.29 is 16.8 Å². The molecule has 0 radical (unpaired) electrons. The minimum absolute atomic E-state index is 0.194. The smallest absolute Gasteiger partial charge is 0.215 e. The van der Waals surface area contributed by atoms with Crippen LogP contribution < -0.4 is 5.73 Å². The lowest BCUT2D eigenvalue weighted by Gasteiger charge is -2.17. The fraction of sp³-hybridized carbons (Fsp3) is 0.500. The summed E-state index contributed by atoms with van der Waals surface area (Å²) < 4.78 is 47.2. The average Bonchev–Trinajstić information content (AvgIpc) is 2.36. The molecule has 0 unspecified atom stereocenters. The zero-order valence-electron chi connectivity index (χ0n) is 11.6. The number of benzene rings is 1. The molecule has 0 aromatic heterocycles. The number of hydrogen-bond acceptors (Lipinski definition) is 5. The van der Waals surface area contributed by atoms with Crippen molar-refractivity contribution in [1.29, 1.82) is 0 Å². The Kier molecular flexibility index (Phi) is 5.69. The van der Waals surface area contributed by atoms with Gasteiger partial charge in [-0.25, -0.2) is 21.1 Å². The molecule has 20 heavy (non-hydrogen) atoms. The second-order valence-corrected chi connectivity index (χ2v) is 9.18. The molecular formula is C12H20N2O4S2. The number of rotatable bonds is 7. The summed E-state index contributed by atoms with van der Waals surface area (Å²) in [4.78, 5) is 0. The summed E-state index contributed by atoms with van der Waals surface area (Å²) in [6, 6.07) is 7.32. The standard InChI is InChI=1S/C12H20N2O4S2/c1-14(20(17,18)7-6-19(2,15)16)10-12-5-3-4-11(8-12)9-13/h3-5,8H,6-7,9-10,13H2,1-2H3. The van der Waals surface area contributed by atoms with Crippen LogP contribution in [0.25, 0.3) is 0 Å². The molecule has 0 spiro atoms. The minimum atomic E-state index is -3.59. The van der Waals surface area contributed by atoms with Gasteiger partial charge in [0.05, 0.1) is 11.5 Å². The van der Waals surface area contributed by atoms with Crippen LogP contribution >= 0.6 is 0 Å². The summed E-state index contributed by atoms with van der Waals surface area (Å²) in [5.74, 6) is -0.776. The second-order valence-electron chi connectivity index (χ2n) is 4.73. The topological polar surface area (TPSA) is 97.5 Å². The summed E-state index contributed by atoms with van der Waals surface area (Å²) >= 11 is 0. The van der Waals surface area contributed by atoms with E-state index in [0.29, 0.717) is 6.54 Å². The Morgan fingerprint density at radius 2 is 1.70 bits per heavy atom. The Labute approximate surface area is 120 Å². The van der Waals surface area contributed by atoms with E-state index in [4.69, 9.17) is 5.73 Å². The summed E-state index contributed by atoms with van der Waals surface area (Å²) in [5, 5.41) is 0. The van der Waals surface area contributed by atoms with Gasteiger partial charge in [-0.15, -0.1) is 0 Å². The number of nitrogens with zero attached hydrogens (tertiary/aromatic N) is 1. The molecule has 0 aliphatic heterocycles. The third kappa shape index (κ3) is 5.58. The maximum atomic E-state index is 12.0. The zero-order chi connectivity index (χ0) is 15.4. The molecule has 1 rings (SSSR count). The van der Waals surface area contributed by atoms with Crippen molar-refractivity contribution in [3.05, 3.63) is 35.4 Å². The van der Waals surface area contributed by atoms with E-state index in [1.54, 1.807) is 0 Å². The Hall–Kier alpha value is -0.960. The van der Waals surface area contributed by atoms with Crippen molar-refractivity contribution in [2.45, 2.75) is 13.1 Å². The van der Waals surface area contributed by atoms with Crippen LogP contribution in [0, 0.1) is 0 Å². The number of nitrogens with two attached hydrogens (primary N) is 1. The van der Waals surface area contributed by atoms with Crippen molar-refractivity contribution >= 4 is 19.9 Å². The molecule has 0 bridgehead atoms. The van der Waals surface area contributed by atoms with Crippen molar-refractivity contribution in [1.82, 2.24) is 4.31 Å². The Bertz CT molecular complexity index is 654. The van der Waals surface area contributed by atoms with E-state index in [-0.39, 0.29) is 12.3 Å². The van der Waals surface area contributed by atoms with Crippen LogP contribution in [0.15, 0.2) is 24.3 Å². The van der Waals surface area contributed by atoms with Gasteiger partial charge in [0.1, 0.15) is 9.84 Å². The number of hydrogen-bond donors (Lipinski definition) is 1. The predicted octanol–water partition coefficient (Wildman–Crippen LogP) is -0.0485. The monoisotopic (exact) mass is 320 g/mol. The van der Waals surface area contributed by atoms with Crippen LogP contribution in [-0.4, -0.2) is 45.9 Å². The normalized spacial score (nSPS) is 12.8. The Balaban J connectivity index is 2.76. The molecule has 8 heteroatoms. The van der Waals surface area contributed by atoms with Gasteiger partial charge < -0.3 is 5.73 Å². The first-order valence-corrected chi connectivity index (χ1v) is 9.70. The van der Waals surface area contributed by atoms with Gasteiger partial charge in [-0.2, -0.15) is 0 Å². The van der Waals surface area contributed by atoms with Gasteiger partial charge in [-0.05, 0) is 11.1 Å². The lowest BCUT2D eigenvalue weighted by Crippen LogP contribution is -2.31. The average molecular weight is 320 g/mol. The van der Waals surface area contributed by atoms with Crippen LogP contribution in [0.4, 0.5) is 0 Å². The van der Waals surface area contributed by atoms with E-state index >= 15 is 0 Å². The van der Waals surface area contributed by atoms with E-state index < -0.39 is 25.6 Å². The highest BCUT2D eigenvalue weighted by atomic mass is 32.2. The fourth-order valence-electron chi connectivity index (χ4n) is 1.62. The van der Waals surface area contributed by atoms with Crippen LogP contribution in [-0.2, 0) is 33.0 Å². The maximum absolute atomic E-state index is 12.0. The minimum Gasteiger partial charge on any atom is -0.326 e. The fourth-order valence-corrected chi connectivity index (χ4v) is 4.33. The Morgan fingerprint density at radius 3 is 2.25 bits per heavy atom. The SMILES string of the molecule is CN(Cc1cccc(CN)c1)S(=O)(=O)CCS(C)(=O)=O. The third-order valence-corrected chi connectivity index (χ3v) is 5.82. The lowest BCUT2D eigenvalue weighted by molar-refractivity contribution is 0.467. The van der Waals surface area contributed by atoms with E-state index in [9.17, 15) is 16.8 Å². The highest BCUT2D eigenvalue weighted by Gasteiger charge is 2.20. The molecule has 0 saturated heterocycles. The van der Waals surface area contributed by atoms with Crippen LogP contribution in [0.5, 0.6) is 0 Å². The molecule has 1 aromatic rings. The molecule has 0 aliphatic carbocycles. The molecule has 0 atom stereocenters. The summed E-state index contributed by atoms with van der Waals surface area (Å²) in [6.07, 6.45) is 1.02. The molecule has 0 saturated carbocycles. The largest absolute Gasteiger partial charge is 0.326 e. The lowest BCUT2D eigenvalue weighted by atomic mass is 10.1. The van der Waals surface area contributed by atoms with Gasteiger partial charge in [-0.3, -0.25) is 0 Å². The number of sulfone groups is 1. The van der Waals surface area contributed by atoms with Crippen LogP contribution in [0.2, 0.25) is 0 Å². The first-order chi connectivity index (χ1) is 9.14. The van der Waals surface area contributed by atoms with Gasteiger partial charge in [0.15, 0.2) is 0 Å². The van der Waals surface area contributed by atoms with Crippen molar-refractivity contribution in [3.63, 3.8) is 0 Å². The predicted molar refractivity (Wildman–Crippen MR) is 79.3 cm³/mol. The molecule has 1 aromatic carbocycles. The number of sulfonamides is 1. The van der Waals surface area contributed by atoms with E-state index in [1.807, 2.05) is 24.3 Å². The quantitative estimate of drug-likeness (QED) is 0.760. The molecule has 0 fully saturated rings. The molecule has 114 valence electrons. The van der Waals surface area contributed by atoms with Crippen molar-refractivity contribution in [2.24, 2.45) is 5.73 Å². The Morgan fingerprint density at radius 1 is 1.10 bits per heavy atom. The maximum Gasteiger partial charge on any atom is 0.215 e. The van der Waals surface area contributed by atoms with E-state index in [2.05, 4.69) is 0 Å². The summed E-state index contributed by atoms with van der Waals surface area (Å²) in [7, 11) is -5.45. The van der Waals surface area contributed by atoms with Crippen LogP contribution in [0.3, 0.4) is 0 Å². The molecule has 0 amide bonds. The molecule has 6 nitrogen and oxygen atoms in total. The van der Waals surface area contributed by atoms with Gasteiger partial charge in [-0.1, -0.05) is 24.3 Å². The first kappa shape index (κ1) is 17.1. The zero-order valence-corrected chi connectivity index (χ0v) is 13.2. The van der Waals surface area contributed by atoms with E-state index in [0.717, 1.165) is 21.7 Å². The van der Waals surface area contributed by atoms with Crippen molar-refractivity contribution in [3.8, 4) is 0 Å². The van der Waals surface area contributed by atoms with E-state index in [1.165, 1.54) is 7.05 Å². The van der Waals surface area contributed by atoms with Gasteiger partial charge in [0.2, 0.25) is 10.0 Å². The highest BCUT2D eigenvalue weighted by Crippen LogP contribution is 2.10. The van der Waals surface area contributed by atoms with Gasteiger partial charge >= 0.3 is 0 Å². The first-order valence-electron chi connectivity index (χ1n) is 6.04. The molecule has 2 N–H and O–H groups in total. The van der Waals surface area contributed by atoms with Gasteiger partial charge in [0, 0.05) is 26.4 Å². The van der Waals surface area contributed by atoms with Crippen molar-refractivity contribution in [2.75, 3.05) is 24.8 Å².